The van der Waals surface area contributed by atoms with Crippen LogP contribution in [-0.4, -0.2) is 45.2 Å². The second-order valence-corrected chi connectivity index (χ2v) is 14.7. The van der Waals surface area contributed by atoms with E-state index in [1.165, 1.54) is 9.69 Å². The van der Waals surface area contributed by atoms with Crippen LogP contribution >= 0.6 is 22.7 Å². The monoisotopic (exact) mass is 546 g/mol. The summed E-state index contributed by atoms with van der Waals surface area (Å²) in [6, 6.07) is 3.64. The molecule has 34 heavy (non-hydrogen) atoms. The van der Waals surface area contributed by atoms with Gasteiger partial charge in [0.2, 0.25) is 0 Å². The molecule has 3 heterocycles. The summed E-state index contributed by atoms with van der Waals surface area (Å²) in [5.41, 5.74) is -0.0887. The Balaban J connectivity index is 2.00. The molecule has 0 spiro atoms. The van der Waals surface area contributed by atoms with Gasteiger partial charge in [0.15, 0.2) is 15.8 Å². The Hall–Kier alpha value is -1.93. The Kier molecular flexibility index (Phi) is 7.54. The van der Waals surface area contributed by atoms with E-state index in [4.69, 9.17) is 4.99 Å². The van der Waals surface area contributed by atoms with Crippen molar-refractivity contribution in [3.8, 4) is 5.75 Å². The quantitative estimate of drug-likeness (QED) is 0.455. The van der Waals surface area contributed by atoms with Crippen LogP contribution in [0.3, 0.4) is 0 Å². The highest BCUT2D eigenvalue weighted by molar-refractivity contribution is 7.93. The topological polar surface area (TPSA) is 128 Å². The van der Waals surface area contributed by atoms with Crippen LogP contribution in [0.5, 0.6) is 5.75 Å². The zero-order valence-electron chi connectivity index (χ0n) is 19.9. The van der Waals surface area contributed by atoms with Crippen molar-refractivity contribution in [1.82, 2.24) is 9.03 Å². The highest BCUT2D eigenvalue weighted by Gasteiger charge is 2.33. The van der Waals surface area contributed by atoms with Gasteiger partial charge in [-0.05, 0) is 24.5 Å². The van der Waals surface area contributed by atoms with Crippen LogP contribution in [-0.2, 0) is 20.0 Å². The van der Waals surface area contributed by atoms with E-state index in [0.29, 0.717) is 0 Å². The van der Waals surface area contributed by atoms with Gasteiger partial charge in [-0.1, -0.05) is 34.6 Å². The second-order valence-electron chi connectivity index (χ2n) is 8.87. The first-order valence-electron chi connectivity index (χ1n) is 10.7. The molecular weight excluding hydrogens is 517 g/mol. The zero-order chi connectivity index (χ0) is 25.5. The molecule has 0 amide bonds. The second kappa shape index (κ2) is 9.61. The molecule has 2 aromatic heterocycles. The molecule has 2 aromatic rings. The maximum Gasteiger partial charge on any atom is 0.258 e. The molecule has 1 atom stereocenters. The third-order valence-electron chi connectivity index (χ3n) is 5.16. The number of aliphatic imine (C=N–C) groups is 1. The number of aromatic hydroxyl groups is 1. The SMILES string of the molecule is CCN(CC)S(=O)(=O)c1scc(NC2=CS(=O)(=O)NC2=N[C@@H](c2ccc(C)s2)C(C)(C)C)c1O. The van der Waals surface area contributed by atoms with Crippen molar-refractivity contribution < 1.29 is 21.9 Å². The number of hydrogen-bond donors (Lipinski definition) is 3. The van der Waals surface area contributed by atoms with Crippen molar-refractivity contribution in [2.75, 3.05) is 18.4 Å². The minimum absolute atomic E-state index is 0.0906. The van der Waals surface area contributed by atoms with Gasteiger partial charge in [0.1, 0.15) is 0 Å². The lowest BCUT2D eigenvalue weighted by Crippen LogP contribution is -2.30. The molecule has 0 aliphatic carbocycles. The smallest absolute Gasteiger partial charge is 0.258 e. The van der Waals surface area contributed by atoms with E-state index in [0.717, 1.165) is 26.5 Å². The van der Waals surface area contributed by atoms with Crippen LogP contribution < -0.4 is 10.0 Å². The van der Waals surface area contributed by atoms with E-state index in [1.54, 1.807) is 25.2 Å². The van der Waals surface area contributed by atoms with E-state index in [9.17, 15) is 21.9 Å². The first kappa shape index (κ1) is 26.7. The van der Waals surface area contributed by atoms with E-state index < -0.39 is 25.8 Å². The normalized spacial score (nSPS) is 18.2. The highest BCUT2D eigenvalue weighted by atomic mass is 32.2. The molecule has 0 radical (unpaired) electrons. The minimum Gasteiger partial charge on any atom is -0.504 e. The van der Waals surface area contributed by atoms with E-state index in [-0.39, 0.29) is 46.0 Å². The Morgan fingerprint density at radius 1 is 1.24 bits per heavy atom. The predicted molar refractivity (Wildman–Crippen MR) is 139 cm³/mol. The van der Waals surface area contributed by atoms with Crippen molar-refractivity contribution in [3.05, 3.63) is 38.4 Å². The Morgan fingerprint density at radius 2 is 1.88 bits per heavy atom. The van der Waals surface area contributed by atoms with Gasteiger partial charge >= 0.3 is 0 Å². The highest BCUT2D eigenvalue weighted by Crippen LogP contribution is 2.42. The lowest BCUT2D eigenvalue weighted by atomic mass is 9.86. The number of anilines is 1. The van der Waals surface area contributed by atoms with Gasteiger partial charge in [0.25, 0.3) is 20.0 Å². The van der Waals surface area contributed by atoms with Crippen LogP contribution in [0.25, 0.3) is 0 Å². The van der Waals surface area contributed by atoms with E-state index >= 15 is 0 Å². The summed E-state index contributed by atoms with van der Waals surface area (Å²) < 4.78 is 53.9. The molecule has 1 aliphatic heterocycles. The van der Waals surface area contributed by atoms with Gasteiger partial charge in [-0.15, -0.1) is 22.7 Å². The molecule has 0 saturated heterocycles. The molecular formula is C21H30N4O5S4. The predicted octanol–water partition coefficient (Wildman–Crippen LogP) is 4.23. The summed E-state index contributed by atoms with van der Waals surface area (Å²) >= 11 is 2.46. The molecule has 0 unspecified atom stereocenters. The largest absolute Gasteiger partial charge is 0.504 e. The number of hydrogen-bond acceptors (Lipinski definition) is 9. The first-order valence-corrected chi connectivity index (χ1v) is 15.3. The number of amidine groups is 1. The third kappa shape index (κ3) is 5.48. The maximum absolute atomic E-state index is 12.9. The van der Waals surface area contributed by atoms with E-state index in [2.05, 4.69) is 10.0 Å². The third-order valence-corrected chi connectivity index (χ3v) is 10.8. The maximum atomic E-state index is 12.9. The summed E-state index contributed by atoms with van der Waals surface area (Å²) in [6.07, 6.45) is 0. The summed E-state index contributed by atoms with van der Waals surface area (Å²) in [6.45, 7) is 12.0. The van der Waals surface area contributed by atoms with Crippen LogP contribution in [0.2, 0.25) is 0 Å². The van der Waals surface area contributed by atoms with Gasteiger partial charge in [0, 0.05) is 28.2 Å². The van der Waals surface area contributed by atoms with Crippen molar-refractivity contribution in [2.24, 2.45) is 10.4 Å². The van der Waals surface area contributed by atoms with Crippen LogP contribution in [0.15, 0.2) is 37.8 Å². The molecule has 3 rings (SSSR count). The average Bonchev–Trinajstić information content (AvgIpc) is 3.37. The van der Waals surface area contributed by atoms with Crippen molar-refractivity contribution in [3.63, 3.8) is 0 Å². The van der Waals surface area contributed by atoms with Gasteiger partial charge in [-0.2, -0.15) is 4.31 Å². The van der Waals surface area contributed by atoms with Gasteiger partial charge in [-0.25, -0.2) is 16.8 Å². The molecule has 3 N–H and O–H groups in total. The fourth-order valence-electron chi connectivity index (χ4n) is 3.46. The van der Waals surface area contributed by atoms with Crippen LogP contribution in [0.4, 0.5) is 5.69 Å². The lowest BCUT2D eigenvalue weighted by molar-refractivity contribution is 0.333. The van der Waals surface area contributed by atoms with Gasteiger partial charge in [0.05, 0.1) is 22.8 Å². The fourth-order valence-corrected chi connectivity index (χ4v) is 8.43. The average molecular weight is 547 g/mol. The summed E-state index contributed by atoms with van der Waals surface area (Å²) in [5.74, 6) is -0.354. The van der Waals surface area contributed by atoms with E-state index in [1.807, 2.05) is 39.8 Å². The summed E-state index contributed by atoms with van der Waals surface area (Å²) in [5, 5.41) is 16.0. The summed E-state index contributed by atoms with van der Waals surface area (Å²) in [7, 11) is -7.67. The number of nitrogens with one attached hydrogen (secondary N) is 2. The lowest BCUT2D eigenvalue weighted by Gasteiger charge is -2.27. The number of rotatable bonds is 8. The molecule has 0 bridgehead atoms. The molecule has 0 saturated carbocycles. The Morgan fingerprint density at radius 3 is 2.41 bits per heavy atom. The van der Waals surface area contributed by atoms with Gasteiger partial charge < -0.3 is 10.4 Å². The molecule has 0 aromatic carbocycles. The molecule has 0 fully saturated rings. The molecule has 188 valence electrons. The Bertz CT molecular complexity index is 1330. The fraction of sp³-hybridized carbons (Fsp3) is 0.476. The first-order chi connectivity index (χ1) is 15.7. The number of nitrogens with zero attached hydrogens (tertiary/aromatic N) is 2. The molecule has 13 heteroatoms. The number of thiophene rings is 2. The van der Waals surface area contributed by atoms with Crippen molar-refractivity contribution >= 4 is 54.2 Å². The van der Waals surface area contributed by atoms with Crippen LogP contribution in [0.1, 0.15) is 50.4 Å². The number of sulfonamides is 2. The molecule has 9 nitrogen and oxygen atoms in total. The van der Waals surface area contributed by atoms with Crippen molar-refractivity contribution in [1.29, 1.82) is 0 Å². The van der Waals surface area contributed by atoms with Crippen molar-refractivity contribution in [2.45, 2.75) is 51.8 Å². The zero-order valence-corrected chi connectivity index (χ0v) is 23.2. The summed E-state index contributed by atoms with van der Waals surface area (Å²) in [4.78, 5) is 6.86. The number of aryl methyl sites for hydroxylation is 1. The standard InChI is InChI=1S/C21H30N4O5S4/c1-7-25(8-2)34(29,30)20-17(26)14(11-31-20)22-15-12-33(27,28)24-19(15)23-18(21(4,5)6)16-10-9-13(3)32-16/h9-12,18,22,26H,7-8H2,1-6H3,(H,23,24)/t18-/m0/s1. The molecule has 1 aliphatic rings. The Labute approximate surface area is 209 Å². The minimum atomic E-state index is -3.87. The van der Waals surface area contributed by atoms with Crippen LogP contribution in [0, 0.1) is 12.3 Å². The van der Waals surface area contributed by atoms with Gasteiger partial charge in [-0.3, -0.25) is 9.71 Å².